The van der Waals surface area contributed by atoms with Gasteiger partial charge in [0.05, 0.1) is 16.8 Å². The van der Waals surface area contributed by atoms with E-state index in [0.717, 1.165) is 43.4 Å². The van der Waals surface area contributed by atoms with E-state index in [1.807, 2.05) is 36.4 Å². The second kappa shape index (κ2) is 16.2. The summed E-state index contributed by atoms with van der Waals surface area (Å²) in [6, 6.07) is 24.6. The van der Waals surface area contributed by atoms with E-state index in [-0.39, 0.29) is 30.4 Å². The van der Waals surface area contributed by atoms with Crippen LogP contribution in [0, 0.1) is 0 Å². The lowest BCUT2D eigenvalue weighted by atomic mass is 10.0. The normalized spacial score (nSPS) is 13.6. The van der Waals surface area contributed by atoms with Crippen LogP contribution in [0.25, 0.3) is 0 Å². The number of hydrogen-bond donors (Lipinski definition) is 2. The van der Waals surface area contributed by atoms with E-state index >= 15 is 0 Å². The Bertz CT molecular complexity index is 1800. The summed E-state index contributed by atoms with van der Waals surface area (Å²) in [5.74, 6) is 0.725. The van der Waals surface area contributed by atoms with E-state index in [1.165, 1.54) is 4.90 Å². The summed E-state index contributed by atoms with van der Waals surface area (Å²) in [6.07, 6.45) is 4.42. The van der Waals surface area contributed by atoms with Gasteiger partial charge in [-0.1, -0.05) is 35.9 Å². The smallest absolute Gasteiger partial charge is 0.326 e. The van der Waals surface area contributed by atoms with Crippen LogP contribution in [0.5, 0.6) is 11.6 Å². The van der Waals surface area contributed by atoms with Gasteiger partial charge in [0, 0.05) is 69.1 Å². The predicted molar refractivity (Wildman–Crippen MR) is 192 cm³/mol. The van der Waals surface area contributed by atoms with Crippen molar-refractivity contribution in [2.24, 2.45) is 0 Å². The van der Waals surface area contributed by atoms with Gasteiger partial charge in [-0.25, -0.2) is 18.2 Å². The number of sulfonamides is 1. The van der Waals surface area contributed by atoms with Gasteiger partial charge in [-0.3, -0.25) is 19.3 Å². The van der Waals surface area contributed by atoms with Crippen LogP contribution in [0.15, 0.2) is 91.1 Å². The molecule has 3 aromatic carbocycles. The standard InChI is InChI=1S/C34H37ClN6O5S.ClH/c1-39(2)33(42)30-21-26(12-15-31(30)35)37-34(43)41(27-7-5-4-6-8-27)28-17-19-40(20-18-28)23-24-9-16-32(36-22-24)46-29-13-10-25(11-14-29)38-47(3,44)45;/h4-16,21-22,28,38H,17-20,23H2,1-3H3,(H,37,43);1H. The van der Waals surface area contributed by atoms with Crippen molar-refractivity contribution in [3.8, 4) is 11.6 Å². The molecule has 0 radical (unpaired) electrons. The van der Waals surface area contributed by atoms with Crippen LogP contribution in [-0.4, -0.2) is 74.6 Å². The third kappa shape index (κ3) is 9.83. The van der Waals surface area contributed by atoms with Gasteiger partial charge in [-0.05, 0) is 73.0 Å². The number of halogens is 2. The lowest BCUT2D eigenvalue weighted by molar-refractivity contribution is 0.0827. The fraction of sp³-hybridized carbons (Fsp3) is 0.265. The van der Waals surface area contributed by atoms with Crippen LogP contribution in [0.1, 0.15) is 28.8 Å². The molecule has 2 N–H and O–H groups in total. The molecule has 3 amide bonds. The van der Waals surface area contributed by atoms with Crippen molar-refractivity contribution in [1.82, 2.24) is 14.8 Å². The highest BCUT2D eigenvalue weighted by Gasteiger charge is 2.30. The largest absolute Gasteiger partial charge is 0.439 e. The summed E-state index contributed by atoms with van der Waals surface area (Å²) < 4.78 is 31.1. The Hall–Kier alpha value is -4.36. The molecule has 48 heavy (non-hydrogen) atoms. The van der Waals surface area contributed by atoms with Crippen LogP contribution >= 0.6 is 24.0 Å². The van der Waals surface area contributed by atoms with Gasteiger partial charge in [-0.2, -0.15) is 0 Å². The third-order valence-electron chi connectivity index (χ3n) is 7.61. The van der Waals surface area contributed by atoms with Gasteiger partial charge in [0.25, 0.3) is 5.91 Å². The van der Waals surface area contributed by atoms with Gasteiger partial charge in [0.2, 0.25) is 15.9 Å². The van der Waals surface area contributed by atoms with Gasteiger partial charge in [0.1, 0.15) is 5.75 Å². The minimum absolute atomic E-state index is 0. The van der Waals surface area contributed by atoms with Gasteiger partial charge in [0.15, 0.2) is 0 Å². The van der Waals surface area contributed by atoms with Crippen LogP contribution in [0.2, 0.25) is 5.02 Å². The molecule has 2 heterocycles. The maximum absolute atomic E-state index is 13.7. The Balaban J connectivity index is 0.00000520. The highest BCUT2D eigenvalue weighted by molar-refractivity contribution is 7.92. The van der Waals surface area contributed by atoms with Gasteiger partial charge in [-0.15, -0.1) is 12.4 Å². The van der Waals surface area contributed by atoms with Crippen molar-refractivity contribution in [3.63, 3.8) is 0 Å². The first-order valence-electron chi connectivity index (χ1n) is 15.0. The summed E-state index contributed by atoms with van der Waals surface area (Å²) in [6.45, 7) is 2.28. The van der Waals surface area contributed by atoms with E-state index < -0.39 is 10.0 Å². The summed E-state index contributed by atoms with van der Waals surface area (Å²) in [5, 5.41) is 3.30. The van der Waals surface area contributed by atoms with Crippen LogP contribution in [0.3, 0.4) is 0 Å². The number of aromatic nitrogens is 1. The molecule has 11 nitrogen and oxygen atoms in total. The molecule has 5 rings (SSSR count). The molecule has 0 atom stereocenters. The van der Waals surface area contributed by atoms with Crippen molar-refractivity contribution < 1.29 is 22.7 Å². The molecule has 0 spiro atoms. The molecular weight excluding hydrogens is 675 g/mol. The second-order valence-electron chi connectivity index (χ2n) is 11.5. The molecule has 4 aromatic rings. The molecule has 1 fully saturated rings. The maximum atomic E-state index is 13.7. The Labute approximate surface area is 292 Å². The lowest BCUT2D eigenvalue weighted by Gasteiger charge is -2.38. The monoisotopic (exact) mass is 712 g/mol. The number of nitrogens with one attached hydrogen (secondary N) is 2. The Kier molecular flexibility index (Phi) is 12.3. The second-order valence-corrected chi connectivity index (χ2v) is 13.7. The number of ether oxygens (including phenoxy) is 1. The Morgan fingerprint density at radius 3 is 2.23 bits per heavy atom. The van der Waals surface area contributed by atoms with Crippen LogP contribution in [-0.2, 0) is 16.6 Å². The average molecular weight is 714 g/mol. The molecule has 254 valence electrons. The van der Waals surface area contributed by atoms with E-state index in [1.54, 1.807) is 73.7 Å². The van der Waals surface area contributed by atoms with Crippen LogP contribution in [0.4, 0.5) is 21.9 Å². The minimum atomic E-state index is -3.35. The number of piperidine rings is 1. The predicted octanol–water partition coefficient (Wildman–Crippen LogP) is 6.73. The highest BCUT2D eigenvalue weighted by Crippen LogP contribution is 2.28. The van der Waals surface area contributed by atoms with Gasteiger partial charge < -0.3 is 15.0 Å². The number of anilines is 3. The van der Waals surface area contributed by atoms with Crippen molar-refractivity contribution >= 4 is 63.0 Å². The number of carbonyl (C=O) groups is 2. The number of likely N-dealkylation sites (tertiary alicyclic amines) is 1. The average Bonchev–Trinajstić information content (AvgIpc) is 3.04. The lowest BCUT2D eigenvalue weighted by Crippen LogP contribution is -2.49. The maximum Gasteiger partial charge on any atom is 0.326 e. The summed E-state index contributed by atoms with van der Waals surface area (Å²) >= 11 is 6.28. The first-order valence-corrected chi connectivity index (χ1v) is 17.3. The number of nitrogens with zero attached hydrogens (tertiary/aromatic N) is 4. The molecule has 0 unspecified atom stereocenters. The zero-order valence-corrected chi connectivity index (χ0v) is 29.2. The number of amides is 3. The SMILES string of the molecule is CN(C)C(=O)c1cc(NC(=O)N(c2ccccc2)C2CCN(Cc3ccc(Oc4ccc(NS(C)(=O)=O)cc4)nc3)CC2)ccc1Cl.Cl. The van der Waals surface area contributed by atoms with Crippen molar-refractivity contribution in [3.05, 3.63) is 107 Å². The van der Waals surface area contributed by atoms with Gasteiger partial charge >= 0.3 is 6.03 Å². The zero-order chi connectivity index (χ0) is 33.6. The highest BCUT2D eigenvalue weighted by atomic mass is 35.5. The summed E-state index contributed by atoms with van der Waals surface area (Å²) in [7, 11) is -0.0453. The fourth-order valence-electron chi connectivity index (χ4n) is 5.36. The van der Waals surface area contributed by atoms with E-state index in [9.17, 15) is 18.0 Å². The van der Waals surface area contributed by atoms with Crippen molar-refractivity contribution in [1.29, 1.82) is 0 Å². The first-order chi connectivity index (χ1) is 22.4. The number of urea groups is 1. The number of benzene rings is 3. The van der Waals surface area contributed by atoms with E-state index in [0.29, 0.717) is 40.1 Å². The third-order valence-corrected chi connectivity index (χ3v) is 8.55. The van der Waals surface area contributed by atoms with Crippen molar-refractivity contribution in [2.45, 2.75) is 25.4 Å². The summed E-state index contributed by atoms with van der Waals surface area (Å²) in [5.41, 5.74) is 3.09. The first kappa shape index (κ1) is 36.5. The molecule has 0 bridgehead atoms. The number of rotatable bonds is 10. The molecular formula is C34H38Cl2N6O5S. The topological polar surface area (TPSA) is 124 Å². The quantitative estimate of drug-likeness (QED) is 0.187. The zero-order valence-electron chi connectivity index (χ0n) is 26.8. The number of para-hydroxylation sites is 1. The summed E-state index contributed by atoms with van der Waals surface area (Å²) in [4.78, 5) is 36.4. The molecule has 1 aromatic heterocycles. The molecule has 0 aliphatic carbocycles. The molecule has 0 saturated carbocycles. The van der Waals surface area contributed by atoms with Crippen molar-refractivity contribution in [2.75, 3.05) is 48.4 Å². The van der Waals surface area contributed by atoms with E-state index in [2.05, 4.69) is 19.9 Å². The molecule has 14 heteroatoms. The minimum Gasteiger partial charge on any atom is -0.439 e. The molecule has 1 aliphatic rings. The molecule has 1 aliphatic heterocycles. The number of pyridine rings is 1. The van der Waals surface area contributed by atoms with E-state index in [4.69, 9.17) is 16.3 Å². The fourth-order valence-corrected chi connectivity index (χ4v) is 6.12. The van der Waals surface area contributed by atoms with Crippen LogP contribution < -0.4 is 19.7 Å². The molecule has 1 saturated heterocycles. The number of hydrogen-bond acceptors (Lipinski definition) is 7. The Morgan fingerprint density at radius 2 is 1.62 bits per heavy atom. The Morgan fingerprint density at radius 1 is 0.958 bits per heavy atom. The number of carbonyl (C=O) groups excluding carboxylic acids is 2.